The zero-order valence-electron chi connectivity index (χ0n) is 12.9. The molecule has 1 aromatic heterocycles. The van der Waals surface area contributed by atoms with Crippen molar-refractivity contribution in [3.05, 3.63) is 29.6 Å². The lowest BCUT2D eigenvalue weighted by Gasteiger charge is -2.35. The van der Waals surface area contributed by atoms with Gasteiger partial charge in [0.05, 0.1) is 6.10 Å². The lowest BCUT2D eigenvalue weighted by molar-refractivity contribution is 0.0780. The van der Waals surface area contributed by atoms with Crippen molar-refractivity contribution in [2.45, 2.75) is 39.3 Å². The van der Waals surface area contributed by atoms with E-state index in [1.54, 1.807) is 0 Å². The van der Waals surface area contributed by atoms with Gasteiger partial charge >= 0.3 is 0 Å². The number of hydrogen-bond acceptors (Lipinski definition) is 4. The maximum Gasteiger partial charge on any atom is 0.0639 e. The summed E-state index contributed by atoms with van der Waals surface area (Å²) in [6.07, 6.45) is 1.78. The van der Waals surface area contributed by atoms with Gasteiger partial charge in [-0.25, -0.2) is 0 Å². The fraction of sp³-hybridized carbons (Fsp3) is 0.688. The van der Waals surface area contributed by atoms with Crippen LogP contribution in [-0.2, 0) is 6.54 Å². The van der Waals surface area contributed by atoms with E-state index in [-0.39, 0.29) is 6.10 Å². The summed E-state index contributed by atoms with van der Waals surface area (Å²) < 4.78 is 0. The van der Waals surface area contributed by atoms with Crippen LogP contribution >= 0.6 is 0 Å². The maximum absolute atomic E-state index is 9.41. The number of aliphatic hydroxyl groups excluding tert-OH is 1. The summed E-state index contributed by atoms with van der Waals surface area (Å²) in [5.74, 6) is 0.494. The molecule has 2 heterocycles. The molecule has 0 unspecified atom stereocenters. The van der Waals surface area contributed by atoms with E-state index in [1.807, 2.05) is 13.1 Å². The molecule has 0 amide bonds. The van der Waals surface area contributed by atoms with Gasteiger partial charge in [0.2, 0.25) is 0 Å². The first-order chi connectivity index (χ1) is 9.54. The monoisotopic (exact) mass is 277 g/mol. The topological polar surface area (TPSA) is 39.6 Å². The number of aliphatic hydroxyl groups is 1. The van der Waals surface area contributed by atoms with Crippen LogP contribution in [0.3, 0.4) is 0 Å². The fourth-order valence-corrected chi connectivity index (χ4v) is 2.63. The summed E-state index contributed by atoms with van der Waals surface area (Å²) in [6, 6.07) is 4.34. The van der Waals surface area contributed by atoms with Crippen LogP contribution in [0.2, 0.25) is 0 Å². The van der Waals surface area contributed by atoms with E-state index < -0.39 is 0 Å². The molecule has 2 rings (SSSR count). The second-order valence-corrected chi connectivity index (χ2v) is 6.17. The zero-order valence-corrected chi connectivity index (χ0v) is 12.9. The number of pyridine rings is 1. The van der Waals surface area contributed by atoms with Crippen LogP contribution in [0.5, 0.6) is 0 Å². The number of aromatic nitrogens is 1. The molecule has 0 saturated carbocycles. The highest BCUT2D eigenvalue weighted by molar-refractivity contribution is 5.16. The molecular formula is C16H27N3O. The Hall–Kier alpha value is -0.970. The Balaban J connectivity index is 1.80. The molecule has 4 nitrogen and oxygen atoms in total. The molecule has 1 fully saturated rings. The van der Waals surface area contributed by atoms with Crippen LogP contribution in [-0.4, -0.2) is 58.7 Å². The minimum atomic E-state index is -0.227. The maximum atomic E-state index is 9.41. The molecule has 112 valence electrons. The molecular weight excluding hydrogens is 250 g/mol. The van der Waals surface area contributed by atoms with Gasteiger partial charge in [-0.15, -0.1) is 0 Å². The van der Waals surface area contributed by atoms with Gasteiger partial charge in [-0.2, -0.15) is 0 Å². The van der Waals surface area contributed by atoms with Crippen molar-refractivity contribution in [1.29, 1.82) is 0 Å². The number of rotatable bonds is 5. The van der Waals surface area contributed by atoms with Crippen molar-refractivity contribution in [3.8, 4) is 0 Å². The van der Waals surface area contributed by atoms with E-state index in [2.05, 4.69) is 40.8 Å². The van der Waals surface area contributed by atoms with Gasteiger partial charge in [-0.1, -0.05) is 19.9 Å². The summed E-state index contributed by atoms with van der Waals surface area (Å²) in [6.45, 7) is 12.2. The summed E-state index contributed by atoms with van der Waals surface area (Å²) in [7, 11) is 0. The van der Waals surface area contributed by atoms with E-state index in [0.717, 1.165) is 45.0 Å². The molecule has 0 bridgehead atoms. The van der Waals surface area contributed by atoms with Crippen molar-refractivity contribution >= 4 is 0 Å². The largest absolute Gasteiger partial charge is 0.392 e. The minimum Gasteiger partial charge on any atom is -0.392 e. The molecule has 0 aromatic carbocycles. The first kappa shape index (κ1) is 15.4. The van der Waals surface area contributed by atoms with Gasteiger partial charge < -0.3 is 5.11 Å². The van der Waals surface area contributed by atoms with Gasteiger partial charge in [0, 0.05) is 51.2 Å². The highest BCUT2D eigenvalue weighted by atomic mass is 16.3. The third-order valence-electron chi connectivity index (χ3n) is 3.83. The highest BCUT2D eigenvalue weighted by Gasteiger charge is 2.17. The first-order valence-electron chi connectivity index (χ1n) is 7.62. The Morgan fingerprint density at radius 1 is 1.10 bits per heavy atom. The van der Waals surface area contributed by atoms with Crippen molar-refractivity contribution in [3.63, 3.8) is 0 Å². The van der Waals surface area contributed by atoms with Crippen LogP contribution in [0.15, 0.2) is 18.3 Å². The number of piperazine rings is 1. The third kappa shape index (κ3) is 4.54. The van der Waals surface area contributed by atoms with Gasteiger partial charge in [0.15, 0.2) is 0 Å². The summed E-state index contributed by atoms with van der Waals surface area (Å²) in [5.41, 5.74) is 2.45. The van der Waals surface area contributed by atoms with Crippen molar-refractivity contribution < 1.29 is 5.11 Å². The van der Waals surface area contributed by atoms with Crippen LogP contribution in [0.4, 0.5) is 0 Å². The second-order valence-electron chi connectivity index (χ2n) is 6.17. The molecule has 1 N–H and O–H groups in total. The quantitative estimate of drug-likeness (QED) is 0.889. The minimum absolute atomic E-state index is 0.227. The predicted octanol–water partition coefficient (Wildman–Crippen LogP) is 1.70. The van der Waals surface area contributed by atoms with E-state index in [9.17, 15) is 5.11 Å². The van der Waals surface area contributed by atoms with Crippen LogP contribution in [0.1, 0.15) is 37.9 Å². The van der Waals surface area contributed by atoms with Crippen molar-refractivity contribution in [1.82, 2.24) is 14.8 Å². The summed E-state index contributed by atoms with van der Waals surface area (Å²) in [5, 5.41) is 9.41. The molecule has 1 aromatic rings. The van der Waals surface area contributed by atoms with Crippen LogP contribution in [0, 0.1) is 0 Å². The van der Waals surface area contributed by atoms with Crippen molar-refractivity contribution in [2.75, 3.05) is 32.7 Å². The first-order valence-corrected chi connectivity index (χ1v) is 7.62. The molecule has 0 radical (unpaired) electrons. The molecule has 0 spiro atoms. The Morgan fingerprint density at radius 3 is 2.25 bits per heavy atom. The smallest absolute Gasteiger partial charge is 0.0639 e. The molecule has 4 heteroatoms. The van der Waals surface area contributed by atoms with Crippen LogP contribution < -0.4 is 0 Å². The lowest BCUT2D eigenvalue weighted by atomic mass is 10.1. The molecule has 20 heavy (non-hydrogen) atoms. The predicted molar refractivity (Wildman–Crippen MR) is 81.7 cm³/mol. The highest BCUT2D eigenvalue weighted by Crippen LogP contribution is 2.13. The normalized spacial score (nSPS) is 19.4. The van der Waals surface area contributed by atoms with E-state index in [0.29, 0.717) is 5.92 Å². The Kier molecular flexibility index (Phi) is 5.52. The van der Waals surface area contributed by atoms with Crippen LogP contribution in [0.25, 0.3) is 0 Å². The average molecular weight is 277 g/mol. The van der Waals surface area contributed by atoms with E-state index >= 15 is 0 Å². The number of β-amino-alcohol motifs (C(OH)–C–C–N with tert-alkyl or cyclic N) is 1. The lowest BCUT2D eigenvalue weighted by Crippen LogP contribution is -2.47. The summed E-state index contributed by atoms with van der Waals surface area (Å²) >= 11 is 0. The zero-order chi connectivity index (χ0) is 14.5. The van der Waals surface area contributed by atoms with E-state index in [4.69, 9.17) is 0 Å². The average Bonchev–Trinajstić information content (AvgIpc) is 2.41. The van der Waals surface area contributed by atoms with Gasteiger partial charge in [0.25, 0.3) is 0 Å². The molecule has 1 atom stereocenters. The van der Waals surface area contributed by atoms with Crippen molar-refractivity contribution in [2.24, 2.45) is 0 Å². The molecule has 1 saturated heterocycles. The third-order valence-corrected chi connectivity index (χ3v) is 3.83. The fourth-order valence-electron chi connectivity index (χ4n) is 2.63. The SMILES string of the molecule is CC(C)c1ccc(CN2CCN(C[C@@H](C)O)CC2)cn1. The number of nitrogens with zero attached hydrogens (tertiary/aromatic N) is 3. The van der Waals surface area contributed by atoms with Gasteiger partial charge in [-0.05, 0) is 24.5 Å². The van der Waals surface area contributed by atoms with Gasteiger partial charge in [-0.3, -0.25) is 14.8 Å². The standard InChI is InChI=1S/C16H27N3O/c1-13(2)16-5-4-15(10-17-16)12-19-8-6-18(7-9-19)11-14(3)20/h4-5,10,13-14,20H,6-9,11-12H2,1-3H3/t14-/m1/s1. The van der Waals surface area contributed by atoms with Gasteiger partial charge in [0.1, 0.15) is 0 Å². The Bertz CT molecular complexity index is 395. The molecule has 0 aliphatic carbocycles. The van der Waals surface area contributed by atoms with E-state index in [1.165, 1.54) is 5.56 Å². The summed E-state index contributed by atoms with van der Waals surface area (Å²) in [4.78, 5) is 9.33. The molecule has 1 aliphatic rings. The Labute approximate surface area is 122 Å². The Morgan fingerprint density at radius 2 is 1.75 bits per heavy atom. The molecule has 1 aliphatic heterocycles. The second kappa shape index (κ2) is 7.16. The number of hydrogen-bond donors (Lipinski definition) is 1.